The van der Waals surface area contributed by atoms with Gasteiger partial charge in [-0.25, -0.2) is 4.79 Å². The predicted octanol–water partition coefficient (Wildman–Crippen LogP) is 1.77. The van der Waals surface area contributed by atoms with Crippen LogP contribution in [-0.2, 0) is 17.9 Å². The normalized spacial score (nSPS) is 18.9. The van der Waals surface area contributed by atoms with Crippen LogP contribution >= 0.6 is 0 Å². The van der Waals surface area contributed by atoms with E-state index < -0.39 is 12.1 Å². The third-order valence-corrected chi connectivity index (χ3v) is 4.99. The lowest BCUT2D eigenvalue weighted by Gasteiger charge is -2.33. The number of imide groups is 1. The zero-order valence-corrected chi connectivity index (χ0v) is 14.8. The molecule has 0 saturated carbocycles. The van der Waals surface area contributed by atoms with Crippen LogP contribution in [0.3, 0.4) is 0 Å². The third kappa shape index (κ3) is 3.12. The van der Waals surface area contributed by atoms with Crippen molar-refractivity contribution in [1.29, 1.82) is 0 Å². The third-order valence-electron chi connectivity index (χ3n) is 4.99. The number of carbonyl (C=O) groups excluding carboxylic acids is 3. The average Bonchev–Trinajstić information content (AvgIpc) is 2.92. The minimum absolute atomic E-state index is 0.141. The first-order valence-electron chi connectivity index (χ1n) is 8.68. The minimum atomic E-state index is -0.694. The number of hydrogen-bond donors (Lipinski definition) is 1. The Bertz CT molecular complexity index is 927. The molecule has 0 bridgehead atoms. The Hall–Kier alpha value is -3.35. The van der Waals surface area contributed by atoms with Crippen LogP contribution in [0, 0.1) is 0 Å². The van der Waals surface area contributed by atoms with Gasteiger partial charge >= 0.3 is 6.03 Å². The van der Waals surface area contributed by atoms with E-state index in [1.807, 2.05) is 24.3 Å². The summed E-state index contributed by atoms with van der Waals surface area (Å²) in [5.74, 6) is 0.00392. The van der Waals surface area contributed by atoms with Crippen molar-refractivity contribution >= 4 is 17.8 Å². The number of nitrogens with one attached hydrogen (secondary N) is 1. The van der Waals surface area contributed by atoms with Gasteiger partial charge in [0.25, 0.3) is 11.8 Å². The zero-order chi connectivity index (χ0) is 19.0. The van der Waals surface area contributed by atoms with Crippen LogP contribution in [0.25, 0.3) is 0 Å². The maximum Gasteiger partial charge on any atom is 0.325 e. The molecule has 1 unspecified atom stereocenters. The molecule has 1 fully saturated rings. The predicted molar refractivity (Wildman–Crippen MR) is 97.0 cm³/mol. The molecule has 7 nitrogen and oxygen atoms in total. The standard InChI is InChI=1S/C20H19N3O4/c1-27-16-8-4-7-13(9-16)19(25)22-10-14-5-2-3-6-15(14)11-23-17(12-22)18(24)21-20(23)26/h2-9,17H,10-12H2,1H3,(H,21,24,26). The first-order valence-corrected chi connectivity index (χ1v) is 8.68. The smallest absolute Gasteiger partial charge is 0.325 e. The number of benzene rings is 2. The Balaban J connectivity index is 1.72. The molecule has 1 atom stereocenters. The van der Waals surface area contributed by atoms with E-state index in [0.717, 1.165) is 11.1 Å². The van der Waals surface area contributed by atoms with Crippen molar-refractivity contribution < 1.29 is 19.1 Å². The van der Waals surface area contributed by atoms with Gasteiger partial charge in [0.1, 0.15) is 11.8 Å². The van der Waals surface area contributed by atoms with Crippen LogP contribution in [0.2, 0.25) is 0 Å². The van der Waals surface area contributed by atoms with E-state index in [2.05, 4.69) is 5.32 Å². The molecule has 27 heavy (non-hydrogen) atoms. The zero-order valence-electron chi connectivity index (χ0n) is 14.8. The number of rotatable bonds is 2. The molecule has 0 radical (unpaired) electrons. The summed E-state index contributed by atoms with van der Waals surface area (Å²) in [5.41, 5.74) is 2.36. The summed E-state index contributed by atoms with van der Waals surface area (Å²) in [6.45, 7) is 0.861. The molecule has 2 heterocycles. The number of methoxy groups -OCH3 is 1. The molecule has 2 aliphatic heterocycles. The van der Waals surface area contributed by atoms with Gasteiger partial charge in [-0.15, -0.1) is 0 Å². The quantitative estimate of drug-likeness (QED) is 0.823. The summed E-state index contributed by atoms with van der Waals surface area (Å²) in [7, 11) is 1.54. The molecule has 2 aliphatic rings. The summed E-state index contributed by atoms with van der Waals surface area (Å²) >= 11 is 0. The maximum atomic E-state index is 13.2. The van der Waals surface area contributed by atoms with Crippen LogP contribution < -0.4 is 10.1 Å². The highest BCUT2D eigenvalue weighted by molar-refractivity contribution is 6.04. The van der Waals surface area contributed by atoms with Crippen molar-refractivity contribution in [3.63, 3.8) is 0 Å². The molecule has 4 amide bonds. The SMILES string of the molecule is COc1cccc(C(=O)N2Cc3ccccc3CN3C(=O)NC(=O)C3C2)c1. The summed E-state index contributed by atoms with van der Waals surface area (Å²) in [6.07, 6.45) is 0. The second kappa shape index (κ2) is 6.75. The van der Waals surface area contributed by atoms with Crippen LogP contribution in [0.1, 0.15) is 21.5 Å². The van der Waals surface area contributed by atoms with E-state index >= 15 is 0 Å². The van der Waals surface area contributed by atoms with Gasteiger partial charge in [-0.3, -0.25) is 14.9 Å². The highest BCUT2D eigenvalue weighted by Crippen LogP contribution is 2.24. The number of fused-ring (bicyclic) bond motifs is 2. The fourth-order valence-corrected chi connectivity index (χ4v) is 3.53. The van der Waals surface area contributed by atoms with Gasteiger partial charge in [0.2, 0.25) is 0 Å². The molecular formula is C20H19N3O4. The number of urea groups is 1. The molecule has 1 saturated heterocycles. The Morgan fingerprint density at radius 1 is 1.07 bits per heavy atom. The van der Waals surface area contributed by atoms with Gasteiger partial charge in [0, 0.05) is 18.7 Å². The van der Waals surface area contributed by atoms with Gasteiger partial charge in [-0.05, 0) is 29.3 Å². The molecular weight excluding hydrogens is 346 g/mol. The highest BCUT2D eigenvalue weighted by Gasteiger charge is 2.41. The fourth-order valence-electron chi connectivity index (χ4n) is 3.53. The molecule has 0 aliphatic carbocycles. The molecule has 2 aromatic carbocycles. The van der Waals surface area contributed by atoms with Crippen LogP contribution in [0.4, 0.5) is 4.79 Å². The summed E-state index contributed by atoms with van der Waals surface area (Å²) in [6, 6.07) is 13.4. The average molecular weight is 365 g/mol. The first-order chi connectivity index (χ1) is 13.1. The van der Waals surface area contributed by atoms with Crippen molar-refractivity contribution in [3.8, 4) is 5.75 Å². The summed E-state index contributed by atoms with van der Waals surface area (Å²) < 4.78 is 5.21. The van der Waals surface area contributed by atoms with Crippen molar-refractivity contribution in [2.75, 3.05) is 13.7 Å². The Labute approximate surface area is 156 Å². The second-order valence-electron chi connectivity index (χ2n) is 6.62. The summed E-state index contributed by atoms with van der Waals surface area (Å²) in [4.78, 5) is 40.7. The largest absolute Gasteiger partial charge is 0.497 e. The van der Waals surface area contributed by atoms with Gasteiger partial charge in [0.05, 0.1) is 13.7 Å². The highest BCUT2D eigenvalue weighted by atomic mass is 16.5. The van der Waals surface area contributed by atoms with Crippen LogP contribution in [-0.4, -0.2) is 47.3 Å². The van der Waals surface area contributed by atoms with Crippen LogP contribution in [0.15, 0.2) is 48.5 Å². The van der Waals surface area contributed by atoms with E-state index in [-0.39, 0.29) is 18.4 Å². The Morgan fingerprint density at radius 3 is 2.56 bits per heavy atom. The molecule has 0 aromatic heterocycles. The number of hydrogen-bond acceptors (Lipinski definition) is 4. The number of carbonyl (C=O) groups is 3. The van der Waals surface area contributed by atoms with Gasteiger partial charge < -0.3 is 14.5 Å². The van der Waals surface area contributed by atoms with Gasteiger partial charge in [0.15, 0.2) is 0 Å². The molecule has 7 heteroatoms. The second-order valence-corrected chi connectivity index (χ2v) is 6.62. The van der Waals surface area contributed by atoms with Crippen molar-refractivity contribution in [2.24, 2.45) is 0 Å². The Kier molecular flexibility index (Phi) is 4.27. The maximum absolute atomic E-state index is 13.2. The van der Waals surface area contributed by atoms with E-state index in [0.29, 0.717) is 24.4 Å². The van der Waals surface area contributed by atoms with Crippen molar-refractivity contribution in [2.45, 2.75) is 19.1 Å². The first kappa shape index (κ1) is 17.1. The molecule has 4 rings (SSSR count). The topological polar surface area (TPSA) is 79.0 Å². The molecule has 2 aromatic rings. The molecule has 138 valence electrons. The van der Waals surface area contributed by atoms with E-state index in [1.165, 1.54) is 4.90 Å². The lowest BCUT2D eigenvalue weighted by atomic mass is 10.0. The van der Waals surface area contributed by atoms with Gasteiger partial charge in [-0.1, -0.05) is 30.3 Å². The monoisotopic (exact) mass is 365 g/mol. The van der Waals surface area contributed by atoms with E-state index in [1.54, 1.807) is 36.3 Å². The Morgan fingerprint density at radius 2 is 1.81 bits per heavy atom. The van der Waals surface area contributed by atoms with Crippen molar-refractivity contribution in [1.82, 2.24) is 15.1 Å². The molecule has 0 spiro atoms. The molecule has 1 N–H and O–H groups in total. The lowest BCUT2D eigenvalue weighted by Crippen LogP contribution is -2.47. The van der Waals surface area contributed by atoms with Gasteiger partial charge in [-0.2, -0.15) is 0 Å². The van der Waals surface area contributed by atoms with E-state index in [9.17, 15) is 14.4 Å². The summed E-state index contributed by atoms with van der Waals surface area (Å²) in [5, 5.41) is 2.35. The number of ether oxygens (including phenoxy) is 1. The lowest BCUT2D eigenvalue weighted by molar-refractivity contribution is -0.122. The van der Waals surface area contributed by atoms with Crippen LogP contribution in [0.5, 0.6) is 5.75 Å². The number of amides is 4. The van der Waals surface area contributed by atoms with Crippen molar-refractivity contribution in [3.05, 3.63) is 65.2 Å². The van der Waals surface area contributed by atoms with E-state index in [4.69, 9.17) is 4.74 Å². The minimum Gasteiger partial charge on any atom is -0.497 e. The number of nitrogens with zero attached hydrogens (tertiary/aromatic N) is 2. The fraction of sp³-hybridized carbons (Fsp3) is 0.250.